The van der Waals surface area contributed by atoms with E-state index in [0.717, 1.165) is 42.9 Å². The van der Waals surface area contributed by atoms with Gasteiger partial charge in [0.15, 0.2) is 0 Å². The maximum absolute atomic E-state index is 10.3. The molecule has 0 aromatic heterocycles. The van der Waals surface area contributed by atoms with Crippen molar-refractivity contribution >= 4 is 0 Å². The molecule has 1 aliphatic heterocycles. The van der Waals surface area contributed by atoms with Crippen molar-refractivity contribution in [2.45, 2.75) is 91.7 Å². The van der Waals surface area contributed by atoms with Crippen LogP contribution in [0.5, 0.6) is 0 Å². The highest BCUT2D eigenvalue weighted by molar-refractivity contribution is 5.15. The predicted molar refractivity (Wildman–Crippen MR) is 102 cm³/mol. The molecule has 8 atom stereocenters. The second kappa shape index (κ2) is 6.34. The second-order valence-corrected chi connectivity index (χ2v) is 9.60. The van der Waals surface area contributed by atoms with E-state index >= 15 is 0 Å². The Morgan fingerprint density at radius 3 is 2.54 bits per heavy atom. The van der Waals surface area contributed by atoms with Crippen molar-refractivity contribution in [1.29, 1.82) is 0 Å². The van der Waals surface area contributed by atoms with Gasteiger partial charge in [-0.05, 0) is 79.4 Å². The molecule has 3 aliphatic carbocycles. The highest BCUT2D eigenvalue weighted by Gasteiger charge is 2.60. The molecule has 0 spiro atoms. The number of aliphatic hydroxyl groups is 1. The van der Waals surface area contributed by atoms with Crippen LogP contribution in [0.1, 0.15) is 79.6 Å². The topological polar surface area (TPSA) is 32.3 Å². The molecule has 0 aromatic rings. The van der Waals surface area contributed by atoms with Crippen molar-refractivity contribution in [2.24, 2.45) is 34.5 Å². The Balaban J connectivity index is 0.000000815. The zero-order chi connectivity index (χ0) is 17.7. The van der Waals surface area contributed by atoms with Crippen molar-refractivity contribution in [3.05, 3.63) is 12.3 Å². The maximum atomic E-state index is 10.3. The number of hydrogen-bond donors (Lipinski definition) is 2. The summed E-state index contributed by atoms with van der Waals surface area (Å²) in [6, 6.07) is 0.626. The summed E-state index contributed by atoms with van der Waals surface area (Å²) in [5.41, 5.74) is 2.10. The summed E-state index contributed by atoms with van der Waals surface area (Å²) in [6.45, 7) is 15.7. The average molecular weight is 334 g/mol. The van der Waals surface area contributed by atoms with Gasteiger partial charge in [-0.3, -0.25) is 0 Å². The van der Waals surface area contributed by atoms with E-state index in [4.69, 9.17) is 0 Å². The van der Waals surface area contributed by atoms with Crippen LogP contribution in [0.25, 0.3) is 0 Å². The summed E-state index contributed by atoms with van der Waals surface area (Å²) in [5, 5.41) is 14.1. The monoisotopic (exact) mass is 333 g/mol. The van der Waals surface area contributed by atoms with Crippen molar-refractivity contribution in [2.75, 3.05) is 0 Å². The fourth-order valence-electron chi connectivity index (χ4n) is 7.16. The van der Waals surface area contributed by atoms with E-state index in [1.54, 1.807) is 0 Å². The quantitative estimate of drug-likeness (QED) is 0.644. The van der Waals surface area contributed by atoms with Gasteiger partial charge in [0.05, 0.1) is 6.10 Å². The molecule has 0 amide bonds. The minimum atomic E-state index is -0.0456. The van der Waals surface area contributed by atoms with Gasteiger partial charge in [-0.25, -0.2) is 0 Å². The first kappa shape index (κ1) is 18.3. The molecular weight excluding hydrogens is 294 g/mol. The molecule has 4 rings (SSSR count). The van der Waals surface area contributed by atoms with Crippen LogP contribution in [-0.2, 0) is 0 Å². The standard InChI is InChI=1S/C20H33NO.C2H6/c1-12-9-17-20(4,8-5-13(2)21-17)15-6-7-19(3)11-14(22)10-16(19)18(12)15;1-2/h12,14-18,21-22H,2,5-11H2,1,3-4H3;1-2H3/t12-,14?,15?,16?,17?,18?,19?,20+;/m0./s1. The molecule has 0 aromatic carbocycles. The third-order valence-electron chi connectivity index (χ3n) is 8.33. The molecule has 6 unspecified atom stereocenters. The molecule has 1 heterocycles. The van der Waals surface area contributed by atoms with Crippen molar-refractivity contribution in [3.63, 3.8) is 0 Å². The SMILES string of the molecule is C=C1CC[C@@]2(C)C(C[C@H](C)C3C4CC(O)CC4(C)CCC32)N1.CC. The minimum absolute atomic E-state index is 0.0456. The van der Waals surface area contributed by atoms with Crippen LogP contribution in [0.15, 0.2) is 12.3 Å². The zero-order valence-corrected chi connectivity index (χ0v) is 16.6. The van der Waals surface area contributed by atoms with Crippen molar-refractivity contribution in [3.8, 4) is 0 Å². The number of allylic oxidation sites excluding steroid dienone is 1. The Labute approximate surface area is 149 Å². The third-order valence-corrected chi connectivity index (χ3v) is 8.33. The molecule has 2 N–H and O–H groups in total. The summed E-state index contributed by atoms with van der Waals surface area (Å²) in [7, 11) is 0. The Morgan fingerprint density at radius 1 is 1.12 bits per heavy atom. The van der Waals surface area contributed by atoms with Crippen LogP contribution in [0, 0.1) is 34.5 Å². The van der Waals surface area contributed by atoms with Crippen LogP contribution in [-0.4, -0.2) is 17.3 Å². The van der Waals surface area contributed by atoms with Crippen LogP contribution < -0.4 is 5.32 Å². The molecule has 0 bridgehead atoms. The average Bonchev–Trinajstić information content (AvgIpc) is 2.85. The number of rotatable bonds is 0. The van der Waals surface area contributed by atoms with Gasteiger partial charge >= 0.3 is 0 Å². The summed E-state index contributed by atoms with van der Waals surface area (Å²) < 4.78 is 0. The number of fused-ring (bicyclic) bond motifs is 5. The fourth-order valence-corrected chi connectivity index (χ4v) is 7.16. The highest BCUT2D eigenvalue weighted by atomic mass is 16.3. The largest absolute Gasteiger partial charge is 0.393 e. The number of piperidine rings is 1. The lowest BCUT2D eigenvalue weighted by molar-refractivity contribution is -0.106. The minimum Gasteiger partial charge on any atom is -0.393 e. The van der Waals surface area contributed by atoms with Gasteiger partial charge in [-0.2, -0.15) is 0 Å². The smallest absolute Gasteiger partial charge is 0.0548 e. The van der Waals surface area contributed by atoms with Gasteiger partial charge in [0, 0.05) is 11.7 Å². The Morgan fingerprint density at radius 2 is 1.83 bits per heavy atom. The van der Waals surface area contributed by atoms with E-state index in [1.807, 2.05) is 13.8 Å². The lowest BCUT2D eigenvalue weighted by Crippen LogP contribution is -2.61. The predicted octanol–water partition coefficient (Wildman–Crippen LogP) is 5.13. The summed E-state index contributed by atoms with van der Waals surface area (Å²) in [4.78, 5) is 0. The Bertz CT molecular complexity index is 488. The Hall–Kier alpha value is -0.500. The van der Waals surface area contributed by atoms with E-state index in [0.29, 0.717) is 16.9 Å². The first-order valence-corrected chi connectivity index (χ1v) is 10.5. The van der Waals surface area contributed by atoms with Crippen LogP contribution in [0.3, 0.4) is 0 Å². The van der Waals surface area contributed by atoms with Crippen LogP contribution in [0.2, 0.25) is 0 Å². The van der Waals surface area contributed by atoms with E-state index < -0.39 is 0 Å². The summed E-state index contributed by atoms with van der Waals surface area (Å²) in [6.07, 6.45) is 8.50. The van der Waals surface area contributed by atoms with Crippen LogP contribution >= 0.6 is 0 Å². The molecule has 4 fully saturated rings. The lowest BCUT2D eigenvalue weighted by atomic mass is 9.45. The van der Waals surface area contributed by atoms with Gasteiger partial charge in [0.1, 0.15) is 0 Å². The van der Waals surface area contributed by atoms with Gasteiger partial charge < -0.3 is 10.4 Å². The van der Waals surface area contributed by atoms with Crippen LogP contribution in [0.4, 0.5) is 0 Å². The molecule has 2 heteroatoms. The summed E-state index contributed by atoms with van der Waals surface area (Å²) in [5.74, 6) is 3.19. The van der Waals surface area contributed by atoms with E-state index in [1.165, 1.54) is 31.4 Å². The molecule has 4 aliphatic rings. The third kappa shape index (κ3) is 2.64. The van der Waals surface area contributed by atoms with Gasteiger partial charge in [-0.15, -0.1) is 0 Å². The number of aliphatic hydroxyl groups excluding tert-OH is 1. The normalized spacial score (nSPS) is 53.0. The van der Waals surface area contributed by atoms with Gasteiger partial charge in [0.25, 0.3) is 0 Å². The lowest BCUT2D eigenvalue weighted by Gasteiger charge is -2.62. The molecule has 138 valence electrons. The van der Waals surface area contributed by atoms with E-state index in [-0.39, 0.29) is 6.10 Å². The molecular formula is C22H39NO. The van der Waals surface area contributed by atoms with Crippen molar-refractivity contribution < 1.29 is 5.11 Å². The first-order valence-electron chi connectivity index (χ1n) is 10.5. The highest BCUT2D eigenvalue weighted by Crippen LogP contribution is 2.65. The molecule has 1 saturated heterocycles. The van der Waals surface area contributed by atoms with Gasteiger partial charge in [-0.1, -0.05) is 41.2 Å². The number of hydrogen-bond acceptors (Lipinski definition) is 2. The Kier molecular flexibility index (Phi) is 4.83. The van der Waals surface area contributed by atoms with E-state index in [2.05, 4.69) is 32.7 Å². The summed E-state index contributed by atoms with van der Waals surface area (Å²) >= 11 is 0. The molecule has 3 saturated carbocycles. The molecule has 0 radical (unpaired) electrons. The first-order chi connectivity index (χ1) is 11.3. The molecule has 2 nitrogen and oxygen atoms in total. The second-order valence-electron chi connectivity index (χ2n) is 9.60. The van der Waals surface area contributed by atoms with Crippen molar-refractivity contribution in [1.82, 2.24) is 5.32 Å². The fraction of sp³-hybridized carbons (Fsp3) is 0.909. The van der Waals surface area contributed by atoms with Gasteiger partial charge in [0.2, 0.25) is 0 Å². The maximum Gasteiger partial charge on any atom is 0.0548 e. The molecule has 24 heavy (non-hydrogen) atoms. The number of nitrogens with one attached hydrogen (secondary N) is 1. The zero-order valence-electron chi connectivity index (χ0n) is 16.6. The van der Waals surface area contributed by atoms with E-state index in [9.17, 15) is 5.11 Å².